The topological polar surface area (TPSA) is 97.4 Å². The van der Waals surface area contributed by atoms with Crippen molar-refractivity contribution in [1.29, 1.82) is 0 Å². The number of nitrogens with zero attached hydrogens (tertiary/aromatic N) is 2. The zero-order valence-corrected chi connectivity index (χ0v) is 19.7. The number of hydrogen-bond acceptors (Lipinski definition) is 8. The molecule has 10 heteroatoms. The highest BCUT2D eigenvalue weighted by Gasteiger charge is 2.36. The largest absolute Gasteiger partial charge is 0.493 e. The molecular formula is C24H25N3O6S. The lowest BCUT2D eigenvalue weighted by Gasteiger charge is -2.28. The third-order valence-electron chi connectivity index (χ3n) is 5.42. The number of carbonyl (C=O) groups is 3. The molecule has 2 fully saturated rings. The maximum atomic E-state index is 12.8. The van der Waals surface area contributed by atoms with Gasteiger partial charge in [0, 0.05) is 30.0 Å². The molecule has 34 heavy (non-hydrogen) atoms. The van der Waals surface area contributed by atoms with Gasteiger partial charge in [0.15, 0.2) is 11.5 Å². The molecule has 1 N–H and O–H groups in total. The number of carbonyl (C=O) groups excluding carboxylic acids is 3. The summed E-state index contributed by atoms with van der Waals surface area (Å²) >= 11 is 0.782. The van der Waals surface area contributed by atoms with Crippen molar-refractivity contribution >= 4 is 46.3 Å². The van der Waals surface area contributed by atoms with Gasteiger partial charge in [-0.25, -0.2) is 0 Å². The summed E-state index contributed by atoms with van der Waals surface area (Å²) in [6.45, 7) is 2.65. The van der Waals surface area contributed by atoms with Gasteiger partial charge < -0.3 is 24.4 Å². The van der Waals surface area contributed by atoms with Crippen LogP contribution in [0.5, 0.6) is 11.5 Å². The molecule has 3 amide bonds. The second-order valence-electron chi connectivity index (χ2n) is 7.55. The van der Waals surface area contributed by atoms with Crippen molar-refractivity contribution in [3.05, 3.63) is 52.9 Å². The molecule has 9 nitrogen and oxygen atoms in total. The fourth-order valence-electron chi connectivity index (χ4n) is 3.72. The van der Waals surface area contributed by atoms with Crippen molar-refractivity contribution in [2.45, 2.75) is 0 Å². The van der Waals surface area contributed by atoms with Crippen LogP contribution in [-0.4, -0.2) is 69.0 Å². The second kappa shape index (κ2) is 10.6. The van der Waals surface area contributed by atoms with E-state index in [2.05, 4.69) is 10.2 Å². The van der Waals surface area contributed by atoms with E-state index in [-0.39, 0.29) is 11.4 Å². The normalized spacial score (nSPS) is 17.3. The number of hydrogen-bond donors (Lipinski definition) is 1. The van der Waals surface area contributed by atoms with Gasteiger partial charge in [0.1, 0.15) is 6.54 Å². The van der Waals surface area contributed by atoms with Crippen LogP contribution in [0.25, 0.3) is 6.08 Å². The van der Waals surface area contributed by atoms with E-state index in [4.69, 9.17) is 14.2 Å². The van der Waals surface area contributed by atoms with Crippen LogP contribution in [0.1, 0.15) is 5.56 Å². The van der Waals surface area contributed by atoms with Gasteiger partial charge in [-0.2, -0.15) is 0 Å². The molecule has 2 saturated heterocycles. The molecule has 0 spiro atoms. The van der Waals surface area contributed by atoms with Crippen LogP contribution in [0.3, 0.4) is 0 Å². The molecule has 4 rings (SSSR count). The summed E-state index contributed by atoms with van der Waals surface area (Å²) in [5, 5.41) is 2.24. The minimum atomic E-state index is -0.530. The predicted octanol–water partition coefficient (Wildman–Crippen LogP) is 3.22. The fourth-order valence-corrected chi connectivity index (χ4v) is 4.55. The highest BCUT2D eigenvalue weighted by Crippen LogP contribution is 2.37. The van der Waals surface area contributed by atoms with Crippen molar-refractivity contribution in [2.24, 2.45) is 0 Å². The molecule has 2 aromatic carbocycles. The number of imide groups is 1. The third kappa shape index (κ3) is 5.18. The average Bonchev–Trinajstić information content (AvgIpc) is 3.12. The first-order chi connectivity index (χ1) is 16.5. The maximum absolute atomic E-state index is 12.8. The zero-order valence-electron chi connectivity index (χ0n) is 18.9. The van der Waals surface area contributed by atoms with Gasteiger partial charge in [-0.05, 0) is 48.2 Å². The minimum absolute atomic E-state index is 0.208. The van der Waals surface area contributed by atoms with Gasteiger partial charge in [-0.3, -0.25) is 19.3 Å². The van der Waals surface area contributed by atoms with E-state index in [1.165, 1.54) is 14.2 Å². The molecular weight excluding hydrogens is 458 g/mol. The number of amides is 3. The SMILES string of the molecule is COc1cccc(/C=C2/SC(=O)N(CC(=O)Nc3ccc(N4CCOCC4)cc3)C2=O)c1OC. The Hall–Kier alpha value is -3.50. The Morgan fingerprint density at radius 1 is 1.09 bits per heavy atom. The number of benzene rings is 2. The Morgan fingerprint density at radius 2 is 1.82 bits per heavy atom. The van der Waals surface area contributed by atoms with E-state index in [0.29, 0.717) is 36.0 Å². The minimum Gasteiger partial charge on any atom is -0.493 e. The lowest BCUT2D eigenvalue weighted by atomic mass is 10.1. The van der Waals surface area contributed by atoms with E-state index in [0.717, 1.165) is 35.4 Å². The molecule has 2 aliphatic rings. The molecule has 0 atom stereocenters. The first kappa shape index (κ1) is 23.7. The number of rotatable bonds is 7. The summed E-state index contributed by atoms with van der Waals surface area (Å²) < 4.78 is 16.0. The van der Waals surface area contributed by atoms with Crippen molar-refractivity contribution in [1.82, 2.24) is 4.90 Å². The summed E-state index contributed by atoms with van der Waals surface area (Å²) in [7, 11) is 3.02. The first-order valence-electron chi connectivity index (χ1n) is 10.7. The molecule has 0 aromatic heterocycles. The highest BCUT2D eigenvalue weighted by atomic mass is 32.2. The standard InChI is InChI=1S/C24H25N3O6S/c1-31-19-5-3-4-16(22(19)32-2)14-20-23(29)27(24(30)34-20)15-21(28)25-17-6-8-18(9-7-17)26-10-12-33-13-11-26/h3-9,14H,10-13,15H2,1-2H3,(H,25,28)/b20-14+. The zero-order chi connectivity index (χ0) is 24.1. The molecule has 0 bridgehead atoms. The Labute approximate surface area is 201 Å². The van der Waals surface area contributed by atoms with Crippen LogP contribution in [0.4, 0.5) is 16.2 Å². The summed E-state index contributed by atoms with van der Waals surface area (Å²) in [5.41, 5.74) is 2.23. The lowest BCUT2D eigenvalue weighted by Crippen LogP contribution is -2.36. The van der Waals surface area contributed by atoms with Crippen LogP contribution in [0, 0.1) is 0 Å². The van der Waals surface area contributed by atoms with Gasteiger partial charge in [0.25, 0.3) is 11.1 Å². The Kier molecular flexibility index (Phi) is 7.39. The summed E-state index contributed by atoms with van der Waals surface area (Å²) in [6, 6.07) is 12.7. The molecule has 2 aromatic rings. The van der Waals surface area contributed by atoms with E-state index in [9.17, 15) is 14.4 Å². The maximum Gasteiger partial charge on any atom is 0.294 e. The average molecular weight is 484 g/mol. The van der Waals surface area contributed by atoms with E-state index in [1.807, 2.05) is 12.1 Å². The molecule has 2 aliphatic heterocycles. The molecule has 0 aliphatic carbocycles. The van der Waals surface area contributed by atoms with Crippen LogP contribution >= 0.6 is 11.8 Å². The monoisotopic (exact) mass is 483 g/mol. The van der Waals surface area contributed by atoms with E-state index in [1.54, 1.807) is 36.4 Å². The van der Waals surface area contributed by atoms with Crippen LogP contribution in [-0.2, 0) is 14.3 Å². The Bertz CT molecular complexity index is 1110. The molecule has 2 heterocycles. The highest BCUT2D eigenvalue weighted by molar-refractivity contribution is 8.18. The predicted molar refractivity (Wildman–Crippen MR) is 130 cm³/mol. The van der Waals surface area contributed by atoms with Crippen LogP contribution in [0.15, 0.2) is 47.4 Å². The number of thioether (sulfide) groups is 1. The number of nitrogens with one attached hydrogen (secondary N) is 1. The lowest BCUT2D eigenvalue weighted by molar-refractivity contribution is -0.127. The fraction of sp³-hybridized carbons (Fsp3) is 0.292. The quantitative estimate of drug-likeness (QED) is 0.600. The van der Waals surface area contributed by atoms with Gasteiger partial charge in [-0.15, -0.1) is 0 Å². The molecule has 0 radical (unpaired) electrons. The number of ether oxygens (including phenoxy) is 3. The van der Waals surface area contributed by atoms with Crippen molar-refractivity contribution in [3.63, 3.8) is 0 Å². The van der Waals surface area contributed by atoms with Crippen LogP contribution < -0.4 is 19.7 Å². The number of anilines is 2. The van der Waals surface area contributed by atoms with Gasteiger partial charge in [-0.1, -0.05) is 12.1 Å². The van der Waals surface area contributed by atoms with E-state index >= 15 is 0 Å². The number of methoxy groups -OCH3 is 2. The Balaban J connectivity index is 1.40. The van der Waals surface area contributed by atoms with Crippen molar-refractivity contribution in [3.8, 4) is 11.5 Å². The van der Waals surface area contributed by atoms with Gasteiger partial charge in [0.2, 0.25) is 5.91 Å². The van der Waals surface area contributed by atoms with Crippen molar-refractivity contribution in [2.75, 3.05) is 57.3 Å². The van der Waals surface area contributed by atoms with Gasteiger partial charge >= 0.3 is 0 Å². The van der Waals surface area contributed by atoms with Crippen molar-refractivity contribution < 1.29 is 28.6 Å². The smallest absolute Gasteiger partial charge is 0.294 e. The molecule has 178 valence electrons. The van der Waals surface area contributed by atoms with Crippen LogP contribution in [0.2, 0.25) is 0 Å². The Morgan fingerprint density at radius 3 is 2.50 bits per heavy atom. The summed E-state index contributed by atoms with van der Waals surface area (Å²) in [6.07, 6.45) is 1.56. The molecule has 0 unspecified atom stereocenters. The van der Waals surface area contributed by atoms with E-state index < -0.39 is 17.1 Å². The third-order valence-corrected chi connectivity index (χ3v) is 6.33. The van der Waals surface area contributed by atoms with Gasteiger partial charge in [0.05, 0.1) is 32.3 Å². The number of morpholine rings is 1. The number of para-hydroxylation sites is 1. The summed E-state index contributed by atoms with van der Waals surface area (Å²) in [5.74, 6) is -0.0242. The molecule has 0 saturated carbocycles. The summed E-state index contributed by atoms with van der Waals surface area (Å²) in [4.78, 5) is 41.2. The second-order valence-corrected chi connectivity index (χ2v) is 8.54. The first-order valence-corrected chi connectivity index (χ1v) is 11.5.